The maximum atomic E-state index is 6.06. The molecule has 4 rings (SSSR count). The molecule has 5 heteroatoms. The topological polar surface area (TPSA) is 58.7 Å². The molecular formula is C28H28N4O. The molecular weight excluding hydrogens is 408 g/mol. The van der Waals surface area contributed by atoms with Crippen LogP contribution in [0.5, 0.6) is 5.75 Å². The molecule has 0 aliphatic rings. The van der Waals surface area contributed by atoms with Crippen LogP contribution in [0.15, 0.2) is 111 Å². The van der Waals surface area contributed by atoms with Gasteiger partial charge in [-0.25, -0.2) is 0 Å². The minimum absolute atomic E-state index is 0.735. The molecule has 0 saturated heterocycles. The molecule has 33 heavy (non-hydrogen) atoms. The van der Waals surface area contributed by atoms with E-state index in [2.05, 4.69) is 39.5 Å². The summed E-state index contributed by atoms with van der Waals surface area (Å²) >= 11 is 0. The lowest BCUT2D eigenvalue weighted by molar-refractivity contribution is 0.308. The van der Waals surface area contributed by atoms with Gasteiger partial charge in [0.15, 0.2) is 0 Å². The molecule has 0 aliphatic heterocycles. The Bertz CT molecular complexity index is 1220. The molecule has 0 N–H and O–H groups in total. The third-order valence-corrected chi connectivity index (χ3v) is 5.28. The molecule has 0 radical (unpaired) electrons. The van der Waals surface area contributed by atoms with Crippen LogP contribution < -0.4 is 4.74 Å². The second kappa shape index (κ2) is 11.7. The fraction of sp³-hybridized carbons (Fsp3) is 0.214. The van der Waals surface area contributed by atoms with Crippen molar-refractivity contribution in [2.24, 2.45) is 20.5 Å². The van der Waals surface area contributed by atoms with Gasteiger partial charge >= 0.3 is 0 Å². The SMILES string of the molecule is CCCCCCOc1ccc(N=Nc2ccc(N=Nc3ccccc3)cc2)c2ccccc12. The summed E-state index contributed by atoms with van der Waals surface area (Å²) < 4.78 is 6.06. The Morgan fingerprint density at radius 3 is 1.85 bits per heavy atom. The van der Waals surface area contributed by atoms with Gasteiger partial charge in [-0.1, -0.05) is 68.7 Å². The van der Waals surface area contributed by atoms with E-state index in [9.17, 15) is 0 Å². The van der Waals surface area contributed by atoms with Gasteiger partial charge in [-0.05, 0) is 55.0 Å². The molecule has 4 aromatic carbocycles. The van der Waals surface area contributed by atoms with Gasteiger partial charge in [0.1, 0.15) is 5.75 Å². The summed E-state index contributed by atoms with van der Waals surface area (Å²) in [5.74, 6) is 0.897. The smallest absolute Gasteiger partial charge is 0.127 e. The standard InChI is InChI=1S/C28H28N4O/c1-2-3-4-10-21-33-28-20-19-27(25-13-8-9-14-26(25)28)32-31-24-17-15-23(16-18-24)30-29-22-11-6-5-7-12-22/h5-9,11-20H,2-4,10,21H2,1H3. The van der Waals surface area contributed by atoms with E-state index in [0.717, 1.165) is 52.3 Å². The summed E-state index contributed by atoms with van der Waals surface area (Å²) in [4.78, 5) is 0. The average molecular weight is 437 g/mol. The van der Waals surface area contributed by atoms with E-state index in [1.165, 1.54) is 19.3 Å². The van der Waals surface area contributed by atoms with Gasteiger partial charge < -0.3 is 4.74 Å². The van der Waals surface area contributed by atoms with Crippen molar-refractivity contribution in [2.45, 2.75) is 32.6 Å². The monoisotopic (exact) mass is 436 g/mol. The van der Waals surface area contributed by atoms with E-state index in [1.807, 2.05) is 78.9 Å². The van der Waals surface area contributed by atoms with Gasteiger partial charge in [-0.3, -0.25) is 0 Å². The Labute approximate surface area is 194 Å². The van der Waals surface area contributed by atoms with Crippen LogP contribution in [0, 0.1) is 0 Å². The minimum atomic E-state index is 0.735. The molecule has 0 heterocycles. The molecule has 0 unspecified atom stereocenters. The number of benzene rings is 4. The van der Waals surface area contributed by atoms with Crippen LogP contribution in [-0.4, -0.2) is 6.61 Å². The van der Waals surface area contributed by atoms with Gasteiger partial charge in [-0.2, -0.15) is 15.3 Å². The normalized spacial score (nSPS) is 11.5. The zero-order valence-corrected chi connectivity index (χ0v) is 18.9. The zero-order valence-electron chi connectivity index (χ0n) is 18.9. The highest BCUT2D eigenvalue weighted by Crippen LogP contribution is 2.34. The van der Waals surface area contributed by atoms with Gasteiger partial charge in [0.25, 0.3) is 0 Å². The molecule has 0 aromatic heterocycles. The van der Waals surface area contributed by atoms with Gasteiger partial charge in [-0.15, -0.1) is 5.11 Å². The van der Waals surface area contributed by atoms with Crippen molar-refractivity contribution in [3.8, 4) is 5.75 Å². The number of rotatable bonds is 10. The first-order valence-electron chi connectivity index (χ1n) is 11.5. The lowest BCUT2D eigenvalue weighted by Crippen LogP contribution is -1.97. The van der Waals surface area contributed by atoms with E-state index >= 15 is 0 Å². The molecule has 4 aromatic rings. The number of hydrogen-bond acceptors (Lipinski definition) is 5. The Hall–Kier alpha value is -3.86. The quantitative estimate of drug-likeness (QED) is 0.180. The zero-order chi connectivity index (χ0) is 22.7. The van der Waals surface area contributed by atoms with Crippen LogP contribution in [0.2, 0.25) is 0 Å². The first kappa shape index (κ1) is 22.3. The fourth-order valence-corrected chi connectivity index (χ4v) is 3.49. The van der Waals surface area contributed by atoms with E-state index < -0.39 is 0 Å². The van der Waals surface area contributed by atoms with Crippen molar-refractivity contribution in [1.82, 2.24) is 0 Å². The van der Waals surface area contributed by atoms with Crippen LogP contribution in [0.1, 0.15) is 32.6 Å². The van der Waals surface area contributed by atoms with Crippen LogP contribution >= 0.6 is 0 Å². The molecule has 0 fully saturated rings. The maximum Gasteiger partial charge on any atom is 0.127 e. The molecule has 0 atom stereocenters. The van der Waals surface area contributed by atoms with Crippen molar-refractivity contribution >= 4 is 33.5 Å². The Morgan fingerprint density at radius 2 is 1.15 bits per heavy atom. The van der Waals surface area contributed by atoms with Crippen LogP contribution in [0.3, 0.4) is 0 Å². The Kier molecular flexibility index (Phi) is 7.90. The second-order valence-corrected chi connectivity index (χ2v) is 7.79. The summed E-state index contributed by atoms with van der Waals surface area (Å²) in [6.45, 7) is 2.95. The third kappa shape index (κ3) is 6.32. The molecule has 0 spiro atoms. The van der Waals surface area contributed by atoms with Gasteiger partial charge in [0.2, 0.25) is 0 Å². The van der Waals surface area contributed by atoms with Gasteiger partial charge in [0.05, 0.1) is 29.4 Å². The fourth-order valence-electron chi connectivity index (χ4n) is 3.49. The first-order valence-corrected chi connectivity index (χ1v) is 11.5. The predicted molar refractivity (Wildman–Crippen MR) is 135 cm³/mol. The summed E-state index contributed by atoms with van der Waals surface area (Å²) in [7, 11) is 0. The Balaban J connectivity index is 1.45. The molecule has 0 amide bonds. The lowest BCUT2D eigenvalue weighted by atomic mass is 10.1. The lowest BCUT2D eigenvalue weighted by Gasteiger charge is -2.10. The van der Waals surface area contributed by atoms with E-state index in [-0.39, 0.29) is 0 Å². The molecule has 0 saturated carbocycles. The molecule has 5 nitrogen and oxygen atoms in total. The number of ether oxygens (including phenoxy) is 1. The molecule has 0 aliphatic carbocycles. The van der Waals surface area contributed by atoms with E-state index in [0.29, 0.717) is 0 Å². The molecule has 166 valence electrons. The number of azo groups is 2. The van der Waals surface area contributed by atoms with Crippen LogP contribution in [0.4, 0.5) is 22.7 Å². The average Bonchev–Trinajstić information content (AvgIpc) is 2.88. The van der Waals surface area contributed by atoms with Crippen molar-refractivity contribution in [2.75, 3.05) is 6.61 Å². The summed E-state index contributed by atoms with van der Waals surface area (Å²) in [5, 5.41) is 19.5. The highest BCUT2D eigenvalue weighted by Gasteiger charge is 2.06. The number of nitrogens with zero attached hydrogens (tertiary/aromatic N) is 4. The predicted octanol–water partition coefficient (Wildman–Crippen LogP) is 9.63. The summed E-state index contributed by atoms with van der Waals surface area (Å²) in [6, 6.07) is 29.3. The second-order valence-electron chi connectivity index (χ2n) is 7.79. The van der Waals surface area contributed by atoms with E-state index in [4.69, 9.17) is 4.74 Å². The van der Waals surface area contributed by atoms with Crippen LogP contribution in [0.25, 0.3) is 10.8 Å². The van der Waals surface area contributed by atoms with E-state index in [1.54, 1.807) is 0 Å². The van der Waals surface area contributed by atoms with Crippen molar-refractivity contribution in [3.63, 3.8) is 0 Å². The number of fused-ring (bicyclic) bond motifs is 1. The van der Waals surface area contributed by atoms with Crippen molar-refractivity contribution in [1.29, 1.82) is 0 Å². The number of hydrogen-bond donors (Lipinski definition) is 0. The summed E-state index contributed by atoms with van der Waals surface area (Å²) in [6.07, 6.45) is 4.75. The van der Waals surface area contributed by atoms with Crippen LogP contribution in [-0.2, 0) is 0 Å². The number of unbranched alkanes of at least 4 members (excludes halogenated alkanes) is 3. The van der Waals surface area contributed by atoms with Crippen molar-refractivity contribution < 1.29 is 4.74 Å². The highest BCUT2D eigenvalue weighted by molar-refractivity contribution is 5.96. The van der Waals surface area contributed by atoms with Crippen molar-refractivity contribution in [3.05, 3.63) is 91.0 Å². The third-order valence-electron chi connectivity index (χ3n) is 5.28. The first-order chi connectivity index (χ1) is 16.3. The highest BCUT2D eigenvalue weighted by atomic mass is 16.5. The molecule has 0 bridgehead atoms. The maximum absolute atomic E-state index is 6.06. The summed E-state index contributed by atoms with van der Waals surface area (Å²) in [5.41, 5.74) is 3.16. The van der Waals surface area contributed by atoms with Gasteiger partial charge in [0, 0.05) is 10.8 Å². The Morgan fingerprint density at radius 1 is 0.545 bits per heavy atom. The largest absolute Gasteiger partial charge is 0.493 e. The minimum Gasteiger partial charge on any atom is -0.493 e.